The van der Waals surface area contributed by atoms with Crippen molar-refractivity contribution in [3.8, 4) is 5.75 Å². The zero-order valence-corrected chi connectivity index (χ0v) is 11.4. The lowest BCUT2D eigenvalue weighted by atomic mass is 10.2. The van der Waals surface area contributed by atoms with Crippen LogP contribution in [0.25, 0.3) is 0 Å². The second kappa shape index (κ2) is 6.79. The lowest BCUT2D eigenvalue weighted by Crippen LogP contribution is -2.30. The van der Waals surface area contributed by atoms with Gasteiger partial charge in [0.1, 0.15) is 12.4 Å². The average molecular weight is 278 g/mol. The van der Waals surface area contributed by atoms with Crippen molar-refractivity contribution in [3.05, 3.63) is 29.8 Å². The molecule has 1 fully saturated rings. The SMILES string of the molecule is COc1cccc(C(=O)NCCCN2CCOC2=O)c1. The molecule has 1 aliphatic heterocycles. The van der Waals surface area contributed by atoms with Gasteiger partial charge in [0.15, 0.2) is 0 Å². The third-order valence-electron chi connectivity index (χ3n) is 3.07. The maximum atomic E-state index is 11.9. The Morgan fingerprint density at radius 1 is 1.50 bits per heavy atom. The molecule has 1 aromatic rings. The molecule has 2 amide bonds. The molecule has 0 atom stereocenters. The summed E-state index contributed by atoms with van der Waals surface area (Å²) in [5, 5.41) is 2.82. The summed E-state index contributed by atoms with van der Waals surface area (Å²) in [6.07, 6.45) is 0.425. The van der Waals surface area contributed by atoms with Gasteiger partial charge in [-0.2, -0.15) is 0 Å². The molecule has 0 aliphatic carbocycles. The van der Waals surface area contributed by atoms with Crippen molar-refractivity contribution in [3.63, 3.8) is 0 Å². The molecule has 6 nitrogen and oxygen atoms in total. The van der Waals surface area contributed by atoms with Crippen LogP contribution in [0.2, 0.25) is 0 Å². The predicted molar refractivity (Wildman–Crippen MR) is 72.9 cm³/mol. The summed E-state index contributed by atoms with van der Waals surface area (Å²) in [7, 11) is 1.56. The van der Waals surface area contributed by atoms with Gasteiger partial charge in [-0.15, -0.1) is 0 Å². The smallest absolute Gasteiger partial charge is 0.409 e. The Hall–Kier alpha value is -2.24. The Kier molecular flexibility index (Phi) is 4.81. The van der Waals surface area contributed by atoms with E-state index in [-0.39, 0.29) is 12.0 Å². The van der Waals surface area contributed by atoms with Crippen molar-refractivity contribution in [2.75, 3.05) is 33.4 Å². The predicted octanol–water partition coefficient (Wildman–Crippen LogP) is 1.27. The Balaban J connectivity index is 1.73. The van der Waals surface area contributed by atoms with E-state index in [0.29, 0.717) is 44.0 Å². The van der Waals surface area contributed by atoms with E-state index in [2.05, 4.69) is 5.32 Å². The van der Waals surface area contributed by atoms with Crippen molar-refractivity contribution in [1.29, 1.82) is 0 Å². The summed E-state index contributed by atoms with van der Waals surface area (Å²) < 4.78 is 9.90. The van der Waals surface area contributed by atoms with Gasteiger partial charge < -0.3 is 19.7 Å². The van der Waals surface area contributed by atoms with Gasteiger partial charge in [0.25, 0.3) is 5.91 Å². The van der Waals surface area contributed by atoms with E-state index >= 15 is 0 Å². The number of hydrogen-bond donors (Lipinski definition) is 1. The summed E-state index contributed by atoms with van der Waals surface area (Å²) in [5.74, 6) is 0.505. The van der Waals surface area contributed by atoms with Crippen molar-refractivity contribution in [2.45, 2.75) is 6.42 Å². The van der Waals surface area contributed by atoms with Crippen molar-refractivity contribution in [1.82, 2.24) is 10.2 Å². The molecule has 2 rings (SSSR count). The molecule has 0 saturated carbocycles. The molecule has 0 aromatic heterocycles. The zero-order chi connectivity index (χ0) is 14.4. The van der Waals surface area contributed by atoms with Gasteiger partial charge in [0, 0.05) is 18.7 Å². The molecule has 0 radical (unpaired) electrons. The number of nitrogens with one attached hydrogen (secondary N) is 1. The Labute approximate surface area is 117 Å². The number of hydrogen-bond acceptors (Lipinski definition) is 4. The Morgan fingerprint density at radius 2 is 2.35 bits per heavy atom. The standard InChI is InChI=1S/C14H18N2O4/c1-19-12-5-2-4-11(10-12)13(17)15-6-3-7-16-8-9-20-14(16)18/h2,4-5,10H,3,6-9H2,1H3,(H,15,17). The maximum absolute atomic E-state index is 11.9. The summed E-state index contributed by atoms with van der Waals surface area (Å²) in [5.41, 5.74) is 0.560. The highest BCUT2D eigenvalue weighted by Gasteiger charge is 2.20. The third kappa shape index (κ3) is 3.63. The molecule has 1 N–H and O–H groups in total. The molecule has 1 aromatic carbocycles. The minimum Gasteiger partial charge on any atom is -0.497 e. The number of ether oxygens (including phenoxy) is 2. The summed E-state index contributed by atoms with van der Waals surface area (Å²) in [6, 6.07) is 6.98. The Bertz CT molecular complexity index is 490. The molecule has 108 valence electrons. The second-order valence-corrected chi connectivity index (χ2v) is 4.44. The fourth-order valence-corrected chi connectivity index (χ4v) is 1.97. The number of nitrogens with zero attached hydrogens (tertiary/aromatic N) is 1. The fraction of sp³-hybridized carbons (Fsp3) is 0.429. The first-order valence-electron chi connectivity index (χ1n) is 6.54. The molecule has 1 heterocycles. The number of amides is 2. The van der Waals surface area contributed by atoms with E-state index in [1.54, 1.807) is 36.3 Å². The number of methoxy groups -OCH3 is 1. The van der Waals surface area contributed by atoms with Crippen LogP contribution in [0.5, 0.6) is 5.75 Å². The van der Waals surface area contributed by atoms with Gasteiger partial charge in [-0.25, -0.2) is 4.79 Å². The van der Waals surface area contributed by atoms with Crippen LogP contribution in [-0.2, 0) is 4.74 Å². The van der Waals surface area contributed by atoms with Gasteiger partial charge in [-0.3, -0.25) is 4.79 Å². The van der Waals surface area contributed by atoms with E-state index in [1.165, 1.54) is 0 Å². The molecule has 6 heteroatoms. The second-order valence-electron chi connectivity index (χ2n) is 4.44. The monoisotopic (exact) mass is 278 g/mol. The largest absolute Gasteiger partial charge is 0.497 e. The maximum Gasteiger partial charge on any atom is 0.409 e. The van der Waals surface area contributed by atoms with Crippen LogP contribution in [0.3, 0.4) is 0 Å². The van der Waals surface area contributed by atoms with E-state index in [0.717, 1.165) is 0 Å². The normalized spacial score (nSPS) is 14.1. The number of carbonyl (C=O) groups is 2. The minimum atomic E-state index is -0.274. The van der Waals surface area contributed by atoms with Crippen LogP contribution in [0.1, 0.15) is 16.8 Å². The molecule has 1 saturated heterocycles. The molecular weight excluding hydrogens is 260 g/mol. The number of carbonyl (C=O) groups excluding carboxylic acids is 2. The molecule has 20 heavy (non-hydrogen) atoms. The van der Waals surface area contributed by atoms with Crippen LogP contribution in [0.15, 0.2) is 24.3 Å². The lowest BCUT2D eigenvalue weighted by molar-refractivity contribution is 0.0952. The molecule has 0 spiro atoms. The van der Waals surface area contributed by atoms with Crippen LogP contribution in [0, 0.1) is 0 Å². The van der Waals surface area contributed by atoms with E-state index < -0.39 is 0 Å². The first kappa shape index (κ1) is 14.2. The van der Waals surface area contributed by atoms with E-state index in [4.69, 9.17) is 9.47 Å². The summed E-state index contributed by atoms with van der Waals surface area (Å²) >= 11 is 0. The van der Waals surface area contributed by atoms with Crippen molar-refractivity contribution >= 4 is 12.0 Å². The van der Waals surface area contributed by atoms with Crippen LogP contribution in [0.4, 0.5) is 4.79 Å². The van der Waals surface area contributed by atoms with Gasteiger partial charge >= 0.3 is 6.09 Å². The minimum absolute atomic E-state index is 0.145. The van der Waals surface area contributed by atoms with Crippen molar-refractivity contribution in [2.24, 2.45) is 0 Å². The lowest BCUT2D eigenvalue weighted by Gasteiger charge is -2.12. The van der Waals surface area contributed by atoms with Gasteiger partial charge in [0.05, 0.1) is 13.7 Å². The molecule has 0 unspecified atom stereocenters. The van der Waals surface area contributed by atoms with Crippen LogP contribution >= 0.6 is 0 Å². The van der Waals surface area contributed by atoms with Gasteiger partial charge in [0.2, 0.25) is 0 Å². The highest BCUT2D eigenvalue weighted by atomic mass is 16.6. The quantitative estimate of drug-likeness (QED) is 0.796. The summed E-state index contributed by atoms with van der Waals surface area (Å²) in [4.78, 5) is 24.7. The zero-order valence-electron chi connectivity index (χ0n) is 11.4. The Morgan fingerprint density at radius 3 is 3.05 bits per heavy atom. The number of rotatable bonds is 6. The molecule has 0 bridgehead atoms. The molecular formula is C14H18N2O4. The number of cyclic esters (lactones) is 1. The van der Waals surface area contributed by atoms with Crippen LogP contribution < -0.4 is 10.1 Å². The first-order chi connectivity index (χ1) is 9.70. The van der Waals surface area contributed by atoms with E-state index in [1.807, 2.05) is 0 Å². The summed E-state index contributed by atoms with van der Waals surface area (Å²) in [6.45, 7) is 2.19. The highest BCUT2D eigenvalue weighted by molar-refractivity contribution is 5.94. The number of benzene rings is 1. The highest BCUT2D eigenvalue weighted by Crippen LogP contribution is 2.12. The average Bonchev–Trinajstić information content (AvgIpc) is 2.89. The van der Waals surface area contributed by atoms with Crippen LogP contribution in [-0.4, -0.2) is 50.3 Å². The van der Waals surface area contributed by atoms with Crippen molar-refractivity contribution < 1.29 is 19.1 Å². The van der Waals surface area contributed by atoms with Gasteiger partial charge in [-0.1, -0.05) is 6.07 Å². The first-order valence-corrected chi connectivity index (χ1v) is 6.54. The molecule has 1 aliphatic rings. The fourth-order valence-electron chi connectivity index (χ4n) is 1.97. The topological polar surface area (TPSA) is 67.9 Å². The van der Waals surface area contributed by atoms with E-state index in [9.17, 15) is 9.59 Å². The van der Waals surface area contributed by atoms with Gasteiger partial charge in [-0.05, 0) is 24.6 Å². The third-order valence-corrected chi connectivity index (χ3v) is 3.07.